The number of hydrogen-bond donors (Lipinski definition) is 0. The molecule has 1 amide bonds. The van der Waals surface area contributed by atoms with E-state index in [0.717, 1.165) is 17.8 Å². The fourth-order valence-corrected chi connectivity index (χ4v) is 7.51. The van der Waals surface area contributed by atoms with Crippen molar-refractivity contribution in [2.45, 2.75) is 69.9 Å². The molecule has 6 rings (SSSR count). The third-order valence-corrected chi connectivity index (χ3v) is 8.15. The van der Waals surface area contributed by atoms with Crippen LogP contribution in [-0.2, 0) is 4.79 Å². The van der Waals surface area contributed by atoms with E-state index in [0.29, 0.717) is 16.4 Å². The zero-order chi connectivity index (χ0) is 15.8. The minimum absolute atomic E-state index is 0.191. The van der Waals surface area contributed by atoms with E-state index in [2.05, 4.69) is 38.1 Å². The average Bonchev–Trinajstić information content (AvgIpc) is 2.76. The van der Waals surface area contributed by atoms with Crippen LogP contribution in [0.3, 0.4) is 0 Å². The molecule has 1 aliphatic heterocycles. The number of fused-ring (bicyclic) bond motifs is 1. The van der Waals surface area contributed by atoms with E-state index in [4.69, 9.17) is 0 Å². The minimum Gasteiger partial charge on any atom is -0.233 e. The molecule has 122 valence electrons. The van der Waals surface area contributed by atoms with Gasteiger partial charge in [-0.25, -0.2) is 9.28 Å². The molecule has 0 N–H and O–H groups in total. The highest BCUT2D eigenvalue weighted by atomic mass is 16.1. The second-order valence-electron chi connectivity index (χ2n) is 9.11. The van der Waals surface area contributed by atoms with E-state index >= 15 is 0 Å². The second kappa shape index (κ2) is 4.47. The quantitative estimate of drug-likeness (QED) is 0.575. The molecule has 0 radical (unpaired) electrons. The molecular formula is C21H28NO+. The minimum atomic E-state index is 0.191. The van der Waals surface area contributed by atoms with Gasteiger partial charge in [0.25, 0.3) is 0 Å². The van der Waals surface area contributed by atoms with E-state index in [9.17, 15) is 4.79 Å². The lowest BCUT2D eigenvalue weighted by Crippen LogP contribution is -2.73. The Morgan fingerprint density at radius 1 is 1.00 bits per heavy atom. The molecule has 3 atom stereocenters. The normalized spacial score (nSPS) is 50.1. The van der Waals surface area contributed by atoms with Crippen LogP contribution in [0.2, 0.25) is 0 Å². The molecule has 2 nitrogen and oxygen atoms in total. The lowest BCUT2D eigenvalue weighted by molar-refractivity contribution is -0.139. The number of hydrogen-bond acceptors (Lipinski definition) is 1. The van der Waals surface area contributed by atoms with Gasteiger partial charge in [0.15, 0.2) is 0 Å². The Balaban J connectivity index is 1.72. The zero-order valence-electron chi connectivity index (χ0n) is 14.4. The van der Waals surface area contributed by atoms with Gasteiger partial charge in [0.05, 0.1) is 0 Å². The van der Waals surface area contributed by atoms with Crippen molar-refractivity contribution in [3.63, 3.8) is 0 Å². The number of rotatable bonds is 2. The van der Waals surface area contributed by atoms with E-state index in [1.165, 1.54) is 56.2 Å². The van der Waals surface area contributed by atoms with Crippen LogP contribution in [-0.4, -0.2) is 18.0 Å². The van der Waals surface area contributed by atoms with Crippen molar-refractivity contribution in [3.05, 3.63) is 29.8 Å². The lowest BCUT2D eigenvalue weighted by atomic mass is 9.51. The van der Waals surface area contributed by atoms with E-state index in [1.54, 1.807) is 0 Å². The molecular weight excluding hydrogens is 282 g/mol. The van der Waals surface area contributed by atoms with Gasteiger partial charge in [-0.15, -0.1) is 0 Å². The van der Waals surface area contributed by atoms with E-state index in [1.807, 2.05) is 0 Å². The molecule has 4 bridgehead atoms. The maximum atomic E-state index is 12.7. The molecule has 0 spiro atoms. The van der Waals surface area contributed by atoms with Gasteiger partial charge >= 0.3 is 6.41 Å². The Bertz CT molecular complexity index is 630. The van der Waals surface area contributed by atoms with Crippen LogP contribution in [0.15, 0.2) is 24.3 Å². The van der Waals surface area contributed by atoms with Crippen LogP contribution in [0.5, 0.6) is 0 Å². The average molecular weight is 310 g/mol. The summed E-state index contributed by atoms with van der Waals surface area (Å²) in [6, 6.07) is 9.18. The SMILES string of the molecule is CC1c2ccccc2[N+](C=O)(C23CC4CC(CC(C4)C2)C3)C1C. The highest BCUT2D eigenvalue weighted by molar-refractivity contribution is 5.78. The van der Waals surface area contributed by atoms with Crippen molar-refractivity contribution in [1.29, 1.82) is 0 Å². The van der Waals surface area contributed by atoms with Crippen LogP contribution in [0.25, 0.3) is 0 Å². The summed E-state index contributed by atoms with van der Waals surface area (Å²) in [5.74, 6) is 3.12. The van der Waals surface area contributed by atoms with Crippen molar-refractivity contribution in [2.24, 2.45) is 17.8 Å². The Labute approximate surface area is 139 Å². The second-order valence-corrected chi connectivity index (χ2v) is 9.11. The maximum Gasteiger partial charge on any atom is 0.307 e. The van der Waals surface area contributed by atoms with Gasteiger partial charge in [-0.1, -0.05) is 25.1 Å². The number of para-hydroxylation sites is 1. The predicted molar refractivity (Wildman–Crippen MR) is 93.1 cm³/mol. The zero-order valence-corrected chi connectivity index (χ0v) is 14.4. The molecule has 4 fully saturated rings. The first-order valence-electron chi connectivity index (χ1n) is 9.54. The Hall–Kier alpha value is -1.15. The van der Waals surface area contributed by atoms with Gasteiger partial charge in [-0.3, -0.25) is 0 Å². The monoisotopic (exact) mass is 310 g/mol. The van der Waals surface area contributed by atoms with Crippen molar-refractivity contribution >= 4 is 12.1 Å². The molecule has 23 heavy (non-hydrogen) atoms. The summed E-state index contributed by atoms with van der Waals surface area (Å²) in [5.41, 5.74) is 2.93. The number of quaternary nitrogens is 1. The largest absolute Gasteiger partial charge is 0.307 e. The smallest absolute Gasteiger partial charge is 0.233 e. The molecule has 3 unspecified atom stereocenters. The van der Waals surface area contributed by atoms with Gasteiger partial charge in [0, 0.05) is 30.7 Å². The summed E-state index contributed by atoms with van der Waals surface area (Å²) in [7, 11) is 0. The lowest BCUT2D eigenvalue weighted by Gasteiger charge is -2.62. The van der Waals surface area contributed by atoms with Gasteiger partial charge in [0.2, 0.25) is 0 Å². The maximum absolute atomic E-state index is 12.7. The highest BCUT2D eigenvalue weighted by Crippen LogP contribution is 2.63. The Kier molecular flexibility index (Phi) is 2.77. The molecule has 1 heterocycles. The number of benzene rings is 1. The number of amides is 1. The summed E-state index contributed by atoms with van der Waals surface area (Å²) < 4.78 is 0.633. The molecule has 0 saturated heterocycles. The first kappa shape index (κ1) is 14.2. The summed E-state index contributed by atoms with van der Waals surface area (Å²) in [6.45, 7) is 4.66. The van der Waals surface area contributed by atoms with Gasteiger partial charge in [0.1, 0.15) is 17.3 Å². The van der Waals surface area contributed by atoms with Crippen molar-refractivity contribution in [3.8, 4) is 0 Å². The molecule has 5 aliphatic rings. The van der Waals surface area contributed by atoms with Crippen LogP contribution < -0.4 is 4.48 Å². The van der Waals surface area contributed by atoms with E-state index in [-0.39, 0.29) is 5.54 Å². The summed E-state index contributed by atoms with van der Waals surface area (Å²) in [6.07, 6.45) is 9.49. The van der Waals surface area contributed by atoms with Crippen LogP contribution >= 0.6 is 0 Å². The predicted octanol–water partition coefficient (Wildman–Crippen LogP) is 4.62. The molecule has 1 aromatic carbocycles. The van der Waals surface area contributed by atoms with Gasteiger partial charge in [-0.2, -0.15) is 0 Å². The molecule has 2 heteroatoms. The number of nitrogens with zero attached hydrogens (tertiary/aromatic N) is 1. The topological polar surface area (TPSA) is 17.1 Å². The van der Waals surface area contributed by atoms with E-state index < -0.39 is 0 Å². The molecule has 0 aromatic heterocycles. The molecule has 4 aliphatic carbocycles. The fraction of sp³-hybridized carbons (Fsp3) is 0.667. The van der Waals surface area contributed by atoms with Gasteiger partial charge in [-0.05, 0) is 50.0 Å². The summed E-state index contributed by atoms with van der Waals surface area (Å²) in [4.78, 5) is 12.7. The van der Waals surface area contributed by atoms with Crippen molar-refractivity contribution in [2.75, 3.05) is 0 Å². The van der Waals surface area contributed by atoms with Crippen molar-refractivity contribution in [1.82, 2.24) is 4.48 Å². The standard InChI is InChI=1S/C21H28NO/c1-14-15(2)22(13-23,20-6-4-3-5-19(14)20)21-10-16-7-17(11-21)9-18(8-16)12-21/h3-6,13-18H,7-12H2,1-2H3/q+1. The highest BCUT2D eigenvalue weighted by Gasteiger charge is 2.67. The van der Waals surface area contributed by atoms with Crippen LogP contribution in [0.1, 0.15) is 63.9 Å². The molecule has 1 aromatic rings. The first-order chi connectivity index (χ1) is 11.1. The van der Waals surface area contributed by atoms with Crippen molar-refractivity contribution < 1.29 is 4.79 Å². The fourth-order valence-electron chi connectivity index (χ4n) is 7.51. The third-order valence-electron chi connectivity index (χ3n) is 8.15. The third kappa shape index (κ3) is 1.56. The Morgan fingerprint density at radius 2 is 1.57 bits per heavy atom. The number of carbonyl (C=O) groups excluding carboxylic acids is 1. The Morgan fingerprint density at radius 3 is 2.13 bits per heavy atom. The van der Waals surface area contributed by atoms with Crippen LogP contribution in [0, 0.1) is 17.8 Å². The van der Waals surface area contributed by atoms with Crippen LogP contribution in [0.4, 0.5) is 5.69 Å². The first-order valence-corrected chi connectivity index (χ1v) is 9.54. The van der Waals surface area contributed by atoms with Gasteiger partial charge < -0.3 is 0 Å². The number of carbonyl (C=O) groups is 1. The summed E-state index contributed by atoms with van der Waals surface area (Å²) in [5, 5.41) is 0. The summed E-state index contributed by atoms with van der Waals surface area (Å²) >= 11 is 0. The molecule has 4 saturated carbocycles.